The molecule has 0 saturated heterocycles. The van der Waals surface area contributed by atoms with Crippen LogP contribution in [-0.4, -0.2) is 73.2 Å². The molecule has 2 rings (SSSR count). The molecule has 0 heterocycles. The van der Waals surface area contributed by atoms with Crippen molar-refractivity contribution in [2.24, 2.45) is 17.8 Å². The minimum Gasteiger partial charge on any atom is -0.460 e. The molecule has 1 aromatic rings. The van der Waals surface area contributed by atoms with E-state index in [1.165, 1.54) is 6.42 Å². The number of hydrogen-bond donors (Lipinski definition) is 2. The van der Waals surface area contributed by atoms with Crippen molar-refractivity contribution in [3.05, 3.63) is 60.2 Å². The molecule has 50 heavy (non-hydrogen) atoms. The summed E-state index contributed by atoms with van der Waals surface area (Å²) in [5.74, 6) is -2.40. The molecule has 0 aromatic heterocycles. The summed E-state index contributed by atoms with van der Waals surface area (Å²) in [6.45, 7) is 14.7. The van der Waals surface area contributed by atoms with Crippen molar-refractivity contribution < 1.29 is 47.7 Å². The van der Waals surface area contributed by atoms with E-state index in [1.807, 2.05) is 33.8 Å². The molecule has 1 aromatic carbocycles. The summed E-state index contributed by atoms with van der Waals surface area (Å²) in [6, 6.07) is 8.22. The maximum Gasteiger partial charge on any atom is 0.331 e. The largest absolute Gasteiger partial charge is 0.460 e. The fourth-order valence-electron chi connectivity index (χ4n) is 4.56. The fraction of sp³-hybridized carbons (Fsp3) is 0.579. The van der Waals surface area contributed by atoms with E-state index in [0.717, 1.165) is 50.0 Å². The van der Waals surface area contributed by atoms with Crippen LogP contribution in [0.25, 0.3) is 0 Å². The molecule has 278 valence electrons. The van der Waals surface area contributed by atoms with Gasteiger partial charge in [-0.2, -0.15) is 0 Å². The Hall–Kier alpha value is -4.48. The number of benzene rings is 1. The monoisotopic (exact) mass is 700 g/mol. The molecule has 0 aliphatic heterocycles. The number of amides is 2. The summed E-state index contributed by atoms with van der Waals surface area (Å²) < 4.78 is 20.0. The molecular formula is C38H56N2O10. The van der Waals surface area contributed by atoms with E-state index in [9.17, 15) is 28.8 Å². The van der Waals surface area contributed by atoms with Crippen LogP contribution in [0.1, 0.15) is 97.9 Å². The normalized spacial score (nSPS) is 14.6. The summed E-state index contributed by atoms with van der Waals surface area (Å²) in [6.07, 6.45) is 8.87. The summed E-state index contributed by atoms with van der Waals surface area (Å²) >= 11 is 0. The van der Waals surface area contributed by atoms with Gasteiger partial charge in [0, 0.05) is 35.8 Å². The third-order valence-electron chi connectivity index (χ3n) is 7.49. The van der Waals surface area contributed by atoms with Gasteiger partial charge < -0.3 is 29.6 Å². The Morgan fingerprint density at radius 3 is 1.46 bits per heavy atom. The minimum atomic E-state index is -0.666. The summed E-state index contributed by atoms with van der Waals surface area (Å²) in [7, 11) is 0. The molecule has 2 atom stereocenters. The molecule has 0 spiro atoms. The number of ether oxygens (including phenoxy) is 4. The quantitative estimate of drug-likeness (QED) is 0.132. The Kier molecular flexibility index (Phi) is 20.7. The van der Waals surface area contributed by atoms with E-state index in [4.69, 9.17) is 18.9 Å². The van der Waals surface area contributed by atoms with Crippen LogP contribution in [0.4, 0.5) is 0 Å². The molecule has 2 unspecified atom stereocenters. The van der Waals surface area contributed by atoms with E-state index < -0.39 is 23.9 Å². The van der Waals surface area contributed by atoms with Crippen molar-refractivity contribution in [3.8, 4) is 0 Å². The Morgan fingerprint density at radius 2 is 1.04 bits per heavy atom. The van der Waals surface area contributed by atoms with Gasteiger partial charge in [0.05, 0.1) is 24.3 Å². The average molecular weight is 701 g/mol. The maximum atomic E-state index is 12.3. The first kappa shape index (κ1) is 43.5. The lowest BCUT2D eigenvalue weighted by molar-refractivity contribution is -0.143. The predicted molar refractivity (Wildman–Crippen MR) is 189 cm³/mol. The lowest BCUT2D eigenvalue weighted by atomic mass is 9.88. The second kappa shape index (κ2) is 23.8. The van der Waals surface area contributed by atoms with Gasteiger partial charge in [0.2, 0.25) is 5.91 Å². The lowest BCUT2D eigenvalue weighted by Gasteiger charge is -2.26. The van der Waals surface area contributed by atoms with Crippen LogP contribution < -0.4 is 10.6 Å². The number of esters is 4. The van der Waals surface area contributed by atoms with Crippen molar-refractivity contribution in [3.63, 3.8) is 0 Å². The van der Waals surface area contributed by atoms with Crippen LogP contribution in [-0.2, 0) is 42.9 Å². The van der Waals surface area contributed by atoms with Gasteiger partial charge in [-0.25, -0.2) is 19.2 Å². The van der Waals surface area contributed by atoms with E-state index >= 15 is 0 Å². The number of rotatable bonds is 16. The lowest BCUT2D eigenvalue weighted by Crippen LogP contribution is -2.45. The number of hydrogen-bond acceptors (Lipinski definition) is 10. The SMILES string of the molecule is CC(C)OC(=O)/C=C/C(=O)OCC(NC(=O)C1CCCCC1)C(C)C.CC(C)OC(=O)/C=C/C(=O)OCC(NC(=O)c1ccccc1)C(C)C. The number of nitrogens with one attached hydrogen (secondary N) is 2. The van der Waals surface area contributed by atoms with Crippen molar-refractivity contribution in [1.29, 1.82) is 0 Å². The van der Waals surface area contributed by atoms with Crippen LogP contribution in [0, 0.1) is 17.8 Å². The predicted octanol–water partition coefficient (Wildman–Crippen LogP) is 5.25. The van der Waals surface area contributed by atoms with Gasteiger partial charge in [-0.3, -0.25) is 9.59 Å². The molecule has 0 bridgehead atoms. The fourth-order valence-corrected chi connectivity index (χ4v) is 4.56. The second-order valence-electron chi connectivity index (χ2n) is 13.3. The van der Waals surface area contributed by atoms with Crippen molar-refractivity contribution >= 4 is 35.7 Å². The van der Waals surface area contributed by atoms with Crippen LogP contribution in [0.3, 0.4) is 0 Å². The zero-order chi connectivity index (χ0) is 37.6. The molecule has 12 heteroatoms. The maximum absolute atomic E-state index is 12.3. The topological polar surface area (TPSA) is 163 Å². The van der Waals surface area contributed by atoms with Gasteiger partial charge in [-0.05, 0) is 64.5 Å². The van der Waals surface area contributed by atoms with E-state index in [1.54, 1.807) is 52.0 Å². The zero-order valence-corrected chi connectivity index (χ0v) is 30.8. The first-order valence-electron chi connectivity index (χ1n) is 17.4. The molecule has 1 saturated carbocycles. The highest BCUT2D eigenvalue weighted by molar-refractivity contribution is 5.94. The average Bonchev–Trinajstić information content (AvgIpc) is 3.06. The van der Waals surface area contributed by atoms with Crippen molar-refractivity contribution in [1.82, 2.24) is 10.6 Å². The van der Waals surface area contributed by atoms with Crippen LogP contribution in [0.5, 0.6) is 0 Å². The molecule has 12 nitrogen and oxygen atoms in total. The van der Waals surface area contributed by atoms with Gasteiger partial charge in [0.15, 0.2) is 0 Å². The first-order valence-corrected chi connectivity index (χ1v) is 17.4. The summed E-state index contributed by atoms with van der Waals surface area (Å²) in [5.41, 5.74) is 0.538. The first-order chi connectivity index (χ1) is 23.6. The Bertz CT molecular complexity index is 1280. The Balaban J connectivity index is 0.000000500. The van der Waals surface area contributed by atoms with E-state index in [0.29, 0.717) is 5.56 Å². The number of carbonyl (C=O) groups is 6. The van der Waals surface area contributed by atoms with E-state index in [-0.39, 0.29) is 67.1 Å². The molecule has 2 N–H and O–H groups in total. The number of carbonyl (C=O) groups excluding carboxylic acids is 6. The second-order valence-corrected chi connectivity index (χ2v) is 13.3. The van der Waals surface area contributed by atoms with Crippen LogP contribution in [0.15, 0.2) is 54.6 Å². The Morgan fingerprint density at radius 1 is 0.620 bits per heavy atom. The van der Waals surface area contributed by atoms with E-state index in [2.05, 4.69) is 10.6 Å². The molecule has 2 amide bonds. The highest BCUT2D eigenvalue weighted by atomic mass is 16.6. The molecule has 1 fully saturated rings. The molecule has 1 aliphatic carbocycles. The highest BCUT2D eigenvalue weighted by Crippen LogP contribution is 2.24. The summed E-state index contributed by atoms with van der Waals surface area (Å²) in [5, 5.41) is 5.85. The minimum absolute atomic E-state index is 0.0125. The summed E-state index contributed by atoms with van der Waals surface area (Å²) in [4.78, 5) is 70.6. The molecule has 0 radical (unpaired) electrons. The molecular weight excluding hydrogens is 644 g/mol. The van der Waals surface area contributed by atoms with Gasteiger partial charge in [-0.15, -0.1) is 0 Å². The van der Waals surface area contributed by atoms with Crippen molar-refractivity contribution in [2.45, 2.75) is 112 Å². The van der Waals surface area contributed by atoms with Crippen LogP contribution >= 0.6 is 0 Å². The standard InChI is InChI=1S/C19H31NO5.C19H25NO5/c2*1-13(2)16(20-19(23)15-8-6-5-7-9-15)12-24-17(21)10-11-18(22)25-14(3)4/h10-11,13-16H,5-9,12H2,1-4H3,(H,20,23);5-11,13-14,16H,12H2,1-4H3,(H,20,23)/b2*11-10+. The molecule has 1 aliphatic rings. The highest BCUT2D eigenvalue weighted by Gasteiger charge is 2.25. The van der Waals surface area contributed by atoms with Gasteiger partial charge in [-0.1, -0.05) is 65.2 Å². The van der Waals surface area contributed by atoms with Gasteiger partial charge in [0.25, 0.3) is 5.91 Å². The third kappa shape index (κ3) is 19.5. The van der Waals surface area contributed by atoms with Crippen molar-refractivity contribution in [2.75, 3.05) is 13.2 Å². The third-order valence-corrected chi connectivity index (χ3v) is 7.49. The van der Waals surface area contributed by atoms with Gasteiger partial charge in [0.1, 0.15) is 13.2 Å². The smallest absolute Gasteiger partial charge is 0.331 e. The van der Waals surface area contributed by atoms with Gasteiger partial charge >= 0.3 is 23.9 Å². The van der Waals surface area contributed by atoms with Crippen LogP contribution in [0.2, 0.25) is 0 Å². The zero-order valence-electron chi connectivity index (χ0n) is 30.8. The Labute approximate surface area is 296 Å².